The van der Waals surface area contributed by atoms with Crippen LogP contribution in [0.4, 0.5) is 5.69 Å². The molecule has 1 fully saturated rings. The molecule has 5 N–H and O–H groups in total. The van der Waals surface area contributed by atoms with E-state index in [1.165, 1.54) is 6.21 Å². The van der Waals surface area contributed by atoms with Crippen LogP contribution in [0.3, 0.4) is 0 Å². The van der Waals surface area contributed by atoms with Crippen LogP contribution in [-0.2, 0) is 9.53 Å². The Bertz CT molecular complexity index is 1360. The molecular weight excluding hydrogens is 486 g/mol. The first-order chi connectivity index (χ1) is 18.5. The number of aromatic nitrogens is 4. The molecule has 12 nitrogen and oxygen atoms in total. The summed E-state index contributed by atoms with van der Waals surface area (Å²) >= 11 is 0. The van der Waals surface area contributed by atoms with Gasteiger partial charge in [0, 0.05) is 50.4 Å². The SMILES string of the molecule is CN=CC(NC=O)=C(N)/C(NC(C)c1ncccn1)=C(\C)c1nc2cc(OC)c(N3CCOCC3)cc2[nH]1. The lowest BCUT2D eigenvalue weighted by Gasteiger charge is -2.30. The number of nitrogens with one attached hydrogen (secondary N) is 3. The minimum atomic E-state index is -0.298. The second-order valence-electron chi connectivity index (χ2n) is 8.68. The van der Waals surface area contributed by atoms with Crippen molar-refractivity contribution in [2.75, 3.05) is 45.4 Å². The molecule has 0 saturated carbocycles. The molecule has 1 atom stereocenters. The summed E-state index contributed by atoms with van der Waals surface area (Å²) in [6.45, 7) is 6.71. The van der Waals surface area contributed by atoms with Gasteiger partial charge in [-0.15, -0.1) is 0 Å². The summed E-state index contributed by atoms with van der Waals surface area (Å²) in [6.07, 6.45) is 5.40. The summed E-state index contributed by atoms with van der Waals surface area (Å²) < 4.78 is 11.2. The highest BCUT2D eigenvalue weighted by molar-refractivity contribution is 5.87. The van der Waals surface area contributed by atoms with Gasteiger partial charge < -0.3 is 35.7 Å². The molecule has 3 aromatic rings. The quantitative estimate of drug-likeness (QED) is 0.178. The molecule has 38 heavy (non-hydrogen) atoms. The third kappa shape index (κ3) is 5.75. The Morgan fingerprint density at radius 2 is 2.03 bits per heavy atom. The van der Waals surface area contributed by atoms with E-state index in [1.54, 1.807) is 32.6 Å². The van der Waals surface area contributed by atoms with Crippen LogP contribution in [0.1, 0.15) is 31.5 Å². The summed E-state index contributed by atoms with van der Waals surface area (Å²) in [5.74, 6) is 1.93. The number of anilines is 1. The molecule has 2 aromatic heterocycles. The summed E-state index contributed by atoms with van der Waals surface area (Å²) in [4.78, 5) is 34.5. The van der Waals surface area contributed by atoms with Crippen LogP contribution in [-0.4, -0.2) is 73.0 Å². The molecule has 1 amide bonds. The average Bonchev–Trinajstić information content (AvgIpc) is 3.38. The number of imidazole rings is 1. The number of carbonyl (C=O) groups excluding carboxylic acids is 1. The Kier molecular flexibility index (Phi) is 8.54. The van der Waals surface area contributed by atoms with Gasteiger partial charge in [0.05, 0.1) is 60.2 Å². The van der Waals surface area contributed by atoms with Crippen molar-refractivity contribution < 1.29 is 14.3 Å². The topological polar surface area (TPSA) is 156 Å². The molecule has 0 spiro atoms. The maximum Gasteiger partial charge on any atom is 0.211 e. The van der Waals surface area contributed by atoms with Gasteiger partial charge in [-0.3, -0.25) is 9.79 Å². The second-order valence-corrected chi connectivity index (χ2v) is 8.68. The first kappa shape index (κ1) is 26.6. The van der Waals surface area contributed by atoms with Crippen LogP contribution in [0.15, 0.2) is 52.7 Å². The summed E-state index contributed by atoms with van der Waals surface area (Å²) in [6, 6.07) is 5.42. The largest absolute Gasteiger partial charge is 0.495 e. The summed E-state index contributed by atoms with van der Waals surface area (Å²) in [7, 11) is 3.25. The highest BCUT2D eigenvalue weighted by Crippen LogP contribution is 2.34. The average molecular weight is 520 g/mol. The van der Waals surface area contributed by atoms with Gasteiger partial charge in [-0.1, -0.05) is 0 Å². The molecule has 200 valence electrons. The van der Waals surface area contributed by atoms with E-state index in [1.807, 2.05) is 26.0 Å². The Hall–Kier alpha value is -4.45. The predicted molar refractivity (Wildman–Crippen MR) is 147 cm³/mol. The molecule has 1 saturated heterocycles. The Balaban J connectivity index is 1.82. The fourth-order valence-corrected chi connectivity index (χ4v) is 4.25. The van der Waals surface area contributed by atoms with E-state index in [4.69, 9.17) is 20.2 Å². The molecule has 1 aromatic carbocycles. The van der Waals surface area contributed by atoms with Crippen molar-refractivity contribution in [3.05, 3.63) is 59.3 Å². The van der Waals surface area contributed by atoms with Gasteiger partial charge in [-0.2, -0.15) is 0 Å². The highest BCUT2D eigenvalue weighted by atomic mass is 16.5. The van der Waals surface area contributed by atoms with Crippen molar-refractivity contribution in [1.29, 1.82) is 0 Å². The van der Waals surface area contributed by atoms with Crippen molar-refractivity contribution >= 4 is 34.9 Å². The Morgan fingerprint density at radius 1 is 1.29 bits per heavy atom. The number of nitrogens with two attached hydrogens (primary N) is 1. The zero-order valence-corrected chi connectivity index (χ0v) is 22.0. The number of ether oxygens (including phenoxy) is 2. The Morgan fingerprint density at radius 3 is 2.68 bits per heavy atom. The minimum Gasteiger partial charge on any atom is -0.495 e. The molecule has 1 aliphatic heterocycles. The van der Waals surface area contributed by atoms with Crippen LogP contribution >= 0.6 is 0 Å². The van der Waals surface area contributed by atoms with Crippen LogP contribution < -0.4 is 26.0 Å². The third-order valence-corrected chi connectivity index (χ3v) is 6.23. The van der Waals surface area contributed by atoms with Crippen LogP contribution in [0, 0.1) is 0 Å². The van der Waals surface area contributed by atoms with E-state index in [0.29, 0.717) is 42.7 Å². The van der Waals surface area contributed by atoms with E-state index < -0.39 is 0 Å². The fraction of sp³-hybridized carbons (Fsp3) is 0.346. The number of H-pyrrole nitrogens is 1. The van der Waals surface area contributed by atoms with Crippen molar-refractivity contribution in [2.24, 2.45) is 10.7 Å². The zero-order chi connectivity index (χ0) is 27.1. The van der Waals surface area contributed by atoms with Crippen molar-refractivity contribution in [2.45, 2.75) is 19.9 Å². The molecule has 1 aliphatic rings. The second kappa shape index (κ2) is 12.2. The van der Waals surface area contributed by atoms with Crippen LogP contribution in [0.5, 0.6) is 5.75 Å². The number of fused-ring (bicyclic) bond motifs is 1. The molecule has 0 radical (unpaired) electrons. The number of amides is 1. The van der Waals surface area contributed by atoms with Gasteiger partial charge in [0.2, 0.25) is 6.41 Å². The van der Waals surface area contributed by atoms with E-state index in [2.05, 4.69) is 35.5 Å². The van der Waals surface area contributed by atoms with Gasteiger partial charge in [0.15, 0.2) is 0 Å². The van der Waals surface area contributed by atoms with Gasteiger partial charge in [-0.25, -0.2) is 15.0 Å². The standard InChI is InChI=1S/C26H33N9O3/c1-16(24(23(27)20(14-28-3)31-15-36)32-17(2)26-29-6-5-7-30-26)25-33-18-12-21(35-8-10-38-11-9-35)22(37-4)13-19(18)34-25/h5-7,12-15,17,32H,8-11,27H2,1-4H3,(H,31,36)(H,33,34)/b23-20?,24-16-,28-14?. The molecule has 0 bridgehead atoms. The number of allylic oxidation sites excluding steroid dienone is 2. The number of nitrogens with zero attached hydrogens (tertiary/aromatic N) is 5. The molecular formula is C26H33N9O3. The lowest BCUT2D eigenvalue weighted by molar-refractivity contribution is -0.108. The molecule has 1 unspecified atom stereocenters. The Labute approximate surface area is 221 Å². The van der Waals surface area contributed by atoms with E-state index in [9.17, 15) is 4.79 Å². The minimum absolute atomic E-state index is 0.287. The van der Waals surface area contributed by atoms with Gasteiger partial charge >= 0.3 is 0 Å². The zero-order valence-electron chi connectivity index (χ0n) is 22.0. The lowest BCUT2D eigenvalue weighted by atomic mass is 10.1. The molecule has 12 heteroatoms. The van der Waals surface area contributed by atoms with Crippen LogP contribution in [0.2, 0.25) is 0 Å². The normalized spacial score (nSPS) is 16.2. The van der Waals surface area contributed by atoms with E-state index in [-0.39, 0.29) is 11.7 Å². The fourth-order valence-electron chi connectivity index (χ4n) is 4.25. The summed E-state index contributed by atoms with van der Waals surface area (Å²) in [5.41, 5.74) is 11.1. The van der Waals surface area contributed by atoms with Crippen LogP contribution in [0.25, 0.3) is 16.6 Å². The van der Waals surface area contributed by atoms with E-state index in [0.717, 1.165) is 41.1 Å². The number of morpholine rings is 1. The third-order valence-electron chi connectivity index (χ3n) is 6.23. The van der Waals surface area contributed by atoms with E-state index >= 15 is 0 Å². The molecule has 4 rings (SSSR count). The van der Waals surface area contributed by atoms with Crippen molar-refractivity contribution in [3.63, 3.8) is 0 Å². The number of rotatable bonds is 10. The number of hydrogen-bond acceptors (Lipinski definition) is 10. The maximum absolute atomic E-state index is 11.3. The monoisotopic (exact) mass is 519 g/mol. The van der Waals surface area contributed by atoms with Gasteiger partial charge in [-0.05, 0) is 26.0 Å². The number of carbonyl (C=O) groups is 1. The maximum atomic E-state index is 11.3. The molecule has 3 heterocycles. The number of methoxy groups -OCH3 is 1. The number of aromatic amines is 1. The van der Waals surface area contributed by atoms with Crippen molar-refractivity contribution in [1.82, 2.24) is 30.6 Å². The highest BCUT2D eigenvalue weighted by Gasteiger charge is 2.21. The number of hydrogen-bond donors (Lipinski definition) is 4. The first-order valence-corrected chi connectivity index (χ1v) is 12.2. The smallest absolute Gasteiger partial charge is 0.211 e. The number of benzene rings is 1. The lowest BCUT2D eigenvalue weighted by Crippen LogP contribution is -2.36. The van der Waals surface area contributed by atoms with Gasteiger partial charge in [0.1, 0.15) is 17.4 Å². The number of aliphatic imine (C=N–C) groups is 1. The van der Waals surface area contributed by atoms with Crippen molar-refractivity contribution in [3.8, 4) is 5.75 Å². The van der Waals surface area contributed by atoms with Gasteiger partial charge in [0.25, 0.3) is 0 Å². The summed E-state index contributed by atoms with van der Waals surface area (Å²) in [5, 5.41) is 6.03. The first-order valence-electron chi connectivity index (χ1n) is 12.2. The predicted octanol–water partition coefficient (Wildman–Crippen LogP) is 1.90. The molecule has 0 aliphatic carbocycles.